The first kappa shape index (κ1) is 24.6. The summed E-state index contributed by atoms with van der Waals surface area (Å²) in [7, 11) is -0.896. The Balaban J connectivity index is 0.00000392. The van der Waals surface area contributed by atoms with Crippen molar-refractivity contribution in [2.75, 3.05) is 0 Å². The quantitative estimate of drug-likeness (QED) is 0.378. The van der Waals surface area contributed by atoms with Crippen molar-refractivity contribution < 1.29 is 35.9 Å². The zero-order chi connectivity index (χ0) is 20.4. The maximum atomic E-state index is 13.2. The second-order valence-corrected chi connectivity index (χ2v) is 7.15. The molecule has 0 saturated carbocycles. The number of rotatable bonds is 5. The summed E-state index contributed by atoms with van der Waals surface area (Å²) in [5.74, 6) is 0.484. The van der Waals surface area contributed by atoms with Gasteiger partial charge in [-0.15, -0.1) is 0 Å². The van der Waals surface area contributed by atoms with Gasteiger partial charge in [0.15, 0.2) is 5.52 Å². The number of benzene rings is 2. The van der Waals surface area contributed by atoms with E-state index in [1.165, 1.54) is 24.3 Å². The number of carbonyl (C=O) groups is 1. The predicted molar refractivity (Wildman–Crippen MR) is 96.7 cm³/mol. The van der Waals surface area contributed by atoms with Crippen LogP contribution in [-0.2, 0) is 12.4 Å². The molecular formula is C18H15F6LiO2P. The molecule has 0 N–H and O–H groups in total. The topological polar surface area (TPSA) is 26.3 Å². The van der Waals surface area contributed by atoms with Crippen LogP contribution in [0.25, 0.3) is 0 Å². The molecule has 0 aliphatic carbocycles. The summed E-state index contributed by atoms with van der Waals surface area (Å²) in [5, 5.41) is 0.307. The Labute approximate surface area is 171 Å². The van der Waals surface area contributed by atoms with Gasteiger partial charge in [0.05, 0.1) is 17.2 Å². The van der Waals surface area contributed by atoms with Crippen molar-refractivity contribution in [3.8, 4) is 5.75 Å². The van der Waals surface area contributed by atoms with Crippen LogP contribution in [0.5, 0.6) is 5.75 Å². The zero-order valence-corrected chi connectivity index (χ0v) is 16.2. The Kier molecular flexibility index (Phi) is 8.19. The van der Waals surface area contributed by atoms with Crippen LogP contribution in [0.4, 0.5) is 26.3 Å². The number of alkyl halides is 6. The monoisotopic (exact) mass is 415 g/mol. The standard InChI is InChI=1S/C18H15F6O2P.Li/c1-10(2)26-11-6-8-12(9-7-11)27-16(25)15-13(17(19,20)21)4-3-5-14(15)18(22,23)24;/h3-10,27H,1-2H3;. The van der Waals surface area contributed by atoms with Crippen LogP contribution in [0, 0.1) is 0 Å². The average molecular weight is 415 g/mol. The Hall–Kier alpha value is -1.48. The van der Waals surface area contributed by atoms with E-state index >= 15 is 0 Å². The maximum Gasteiger partial charge on any atom is 0.417 e. The molecule has 0 aliphatic rings. The molecule has 10 heteroatoms. The molecular weight excluding hydrogens is 400 g/mol. The Bertz CT molecular complexity index is 784. The molecule has 28 heavy (non-hydrogen) atoms. The van der Waals surface area contributed by atoms with E-state index in [0.717, 1.165) is 0 Å². The fourth-order valence-corrected chi connectivity index (χ4v) is 3.34. The van der Waals surface area contributed by atoms with Crippen LogP contribution in [0.2, 0.25) is 0 Å². The summed E-state index contributed by atoms with van der Waals surface area (Å²) < 4.78 is 84.3. The first-order valence-electron chi connectivity index (χ1n) is 7.75. The van der Waals surface area contributed by atoms with E-state index in [2.05, 4.69) is 0 Å². The number of hydrogen-bond donors (Lipinski definition) is 0. The third-order valence-corrected chi connectivity index (χ3v) is 4.49. The molecule has 147 valence electrons. The number of ether oxygens (including phenoxy) is 1. The van der Waals surface area contributed by atoms with Crippen molar-refractivity contribution in [2.45, 2.75) is 32.3 Å². The van der Waals surface area contributed by atoms with Crippen molar-refractivity contribution in [3.63, 3.8) is 0 Å². The van der Waals surface area contributed by atoms with E-state index in [1.54, 1.807) is 13.8 Å². The van der Waals surface area contributed by atoms with Gasteiger partial charge in [-0.05, 0) is 52.0 Å². The third-order valence-electron chi connectivity index (χ3n) is 3.39. The number of hydrogen-bond acceptors (Lipinski definition) is 2. The summed E-state index contributed by atoms with van der Waals surface area (Å²) in [6.45, 7) is 3.60. The molecule has 0 fully saturated rings. The molecule has 0 amide bonds. The van der Waals surface area contributed by atoms with Crippen molar-refractivity contribution in [1.82, 2.24) is 0 Å². The van der Waals surface area contributed by atoms with Gasteiger partial charge in [0, 0.05) is 24.4 Å². The summed E-state index contributed by atoms with van der Waals surface area (Å²) in [4.78, 5) is 12.4. The van der Waals surface area contributed by atoms with E-state index in [4.69, 9.17) is 4.74 Å². The molecule has 1 radical (unpaired) electrons. The molecule has 2 nitrogen and oxygen atoms in total. The molecule has 1 atom stereocenters. The SMILES string of the molecule is CC(C)Oc1ccc(PC(=O)c2c(C(F)(F)F)cccc2C(F)(F)F)cc1.[Li]. The van der Waals surface area contributed by atoms with Crippen molar-refractivity contribution >= 4 is 38.3 Å². The van der Waals surface area contributed by atoms with E-state index in [0.29, 0.717) is 29.3 Å². The van der Waals surface area contributed by atoms with E-state index < -0.39 is 43.1 Å². The maximum absolute atomic E-state index is 13.2. The number of halogens is 6. The van der Waals surface area contributed by atoms with Crippen molar-refractivity contribution in [3.05, 3.63) is 59.2 Å². The van der Waals surface area contributed by atoms with Crippen LogP contribution in [0.15, 0.2) is 42.5 Å². The van der Waals surface area contributed by atoms with E-state index in [9.17, 15) is 31.1 Å². The van der Waals surface area contributed by atoms with Gasteiger partial charge in [0.25, 0.3) is 0 Å². The second kappa shape index (κ2) is 9.34. The van der Waals surface area contributed by atoms with Crippen LogP contribution in [0.1, 0.15) is 35.3 Å². The summed E-state index contributed by atoms with van der Waals surface area (Å²) in [5.41, 5.74) is -5.75. The molecule has 0 saturated heterocycles. The summed E-state index contributed by atoms with van der Waals surface area (Å²) >= 11 is 0. The minimum atomic E-state index is -5.08. The molecule has 0 aliphatic heterocycles. The molecule has 0 bridgehead atoms. The minimum Gasteiger partial charge on any atom is -0.491 e. The predicted octanol–water partition coefficient (Wildman–Crippen LogP) is 5.27. The molecule has 2 aromatic rings. The van der Waals surface area contributed by atoms with Gasteiger partial charge in [-0.3, -0.25) is 4.79 Å². The fraction of sp³-hybridized carbons (Fsp3) is 0.278. The van der Waals surface area contributed by atoms with E-state index in [-0.39, 0.29) is 25.0 Å². The first-order chi connectivity index (χ1) is 12.4. The van der Waals surface area contributed by atoms with Crippen LogP contribution >= 0.6 is 8.58 Å². The van der Waals surface area contributed by atoms with Gasteiger partial charge in [-0.25, -0.2) is 0 Å². The molecule has 1 unspecified atom stereocenters. The average Bonchev–Trinajstić information content (AvgIpc) is 2.54. The molecule has 0 heterocycles. The van der Waals surface area contributed by atoms with Crippen molar-refractivity contribution in [1.29, 1.82) is 0 Å². The number of carbonyl (C=O) groups excluding carboxylic acids is 1. The first-order valence-corrected chi connectivity index (χ1v) is 8.75. The molecule has 0 aromatic heterocycles. The van der Waals surface area contributed by atoms with Crippen molar-refractivity contribution in [2.24, 2.45) is 0 Å². The Morgan fingerprint density at radius 1 is 0.893 bits per heavy atom. The third kappa shape index (κ3) is 6.27. The minimum absolute atomic E-state index is 0. The second-order valence-electron chi connectivity index (χ2n) is 5.87. The molecule has 2 rings (SSSR count). The van der Waals surface area contributed by atoms with Gasteiger partial charge in [-0.2, -0.15) is 26.3 Å². The normalized spacial score (nSPS) is 12.3. The fourth-order valence-electron chi connectivity index (χ4n) is 2.35. The molecule has 0 spiro atoms. The van der Waals surface area contributed by atoms with Crippen LogP contribution in [-0.4, -0.2) is 30.5 Å². The smallest absolute Gasteiger partial charge is 0.417 e. The van der Waals surface area contributed by atoms with Gasteiger partial charge in [0.1, 0.15) is 5.75 Å². The largest absolute Gasteiger partial charge is 0.491 e. The van der Waals surface area contributed by atoms with Gasteiger partial charge >= 0.3 is 12.4 Å². The molecule has 2 aromatic carbocycles. The summed E-state index contributed by atoms with van der Waals surface area (Å²) in [6.07, 6.45) is -10.3. The van der Waals surface area contributed by atoms with Gasteiger partial charge < -0.3 is 4.74 Å². The Morgan fingerprint density at radius 3 is 1.75 bits per heavy atom. The van der Waals surface area contributed by atoms with E-state index in [1.807, 2.05) is 0 Å². The van der Waals surface area contributed by atoms with Gasteiger partial charge in [-0.1, -0.05) is 18.2 Å². The van der Waals surface area contributed by atoms with Crippen LogP contribution < -0.4 is 10.0 Å². The Morgan fingerprint density at radius 2 is 1.36 bits per heavy atom. The summed E-state index contributed by atoms with van der Waals surface area (Å²) in [6, 6.07) is 7.50. The van der Waals surface area contributed by atoms with Gasteiger partial charge in [0.2, 0.25) is 0 Å². The van der Waals surface area contributed by atoms with Crippen LogP contribution in [0.3, 0.4) is 0 Å². The zero-order valence-electron chi connectivity index (χ0n) is 15.2.